The molecular weight excluding hydrogens is 264 g/mol. The molecule has 3 rings (SSSR count). The summed E-state index contributed by atoms with van der Waals surface area (Å²) in [6.45, 7) is 0. The lowest BCUT2D eigenvalue weighted by Gasteiger charge is -2.25. The fourth-order valence-electron chi connectivity index (χ4n) is 2.63. The number of rotatable bonds is 2. The number of hydrogen-bond donors (Lipinski definition) is 1. The first-order valence-electron chi connectivity index (χ1n) is 6.70. The second-order valence-corrected chi connectivity index (χ2v) is 5.14. The quantitative estimate of drug-likeness (QED) is 0.917. The first-order valence-corrected chi connectivity index (χ1v) is 6.70. The Kier molecular flexibility index (Phi) is 3.48. The number of nitrogens with two attached hydrogens (primary N) is 1. The Morgan fingerprint density at radius 3 is 2.75 bits per heavy atom. The zero-order valence-electron chi connectivity index (χ0n) is 10.9. The van der Waals surface area contributed by atoms with E-state index < -0.39 is 11.6 Å². The molecule has 2 N–H and O–H groups in total. The molecule has 0 aliphatic heterocycles. The van der Waals surface area contributed by atoms with Gasteiger partial charge in [0.05, 0.1) is 11.5 Å². The van der Waals surface area contributed by atoms with Crippen LogP contribution < -0.4 is 5.73 Å². The zero-order valence-corrected chi connectivity index (χ0v) is 10.9. The van der Waals surface area contributed by atoms with E-state index in [1.807, 2.05) is 0 Å². The molecule has 2 aromatic rings. The lowest BCUT2D eigenvalue weighted by atomic mass is 9.85. The Balaban J connectivity index is 1.89. The fraction of sp³-hybridized carbons (Fsp3) is 0.429. The van der Waals surface area contributed by atoms with Crippen LogP contribution in [0.3, 0.4) is 0 Å². The largest absolute Gasteiger partial charge is 0.339 e. The Morgan fingerprint density at radius 2 is 2.00 bits per heavy atom. The third-order valence-corrected chi connectivity index (χ3v) is 3.75. The third kappa shape index (κ3) is 2.43. The van der Waals surface area contributed by atoms with Crippen LogP contribution in [-0.2, 0) is 0 Å². The molecule has 0 bridgehead atoms. The Labute approximate surface area is 115 Å². The molecule has 106 valence electrons. The van der Waals surface area contributed by atoms with Crippen LogP contribution in [0.5, 0.6) is 0 Å². The standard InChI is InChI=1S/C14H15F2N3O/c15-8-5-6-9(11(16)7-8)13-18-14(20-19-13)10-3-1-2-4-12(10)17/h5-7,10,12H,1-4,17H2. The second-order valence-electron chi connectivity index (χ2n) is 5.14. The van der Waals surface area contributed by atoms with Crippen molar-refractivity contribution in [2.45, 2.75) is 37.6 Å². The molecule has 1 heterocycles. The molecule has 2 unspecified atom stereocenters. The molecule has 20 heavy (non-hydrogen) atoms. The molecule has 0 spiro atoms. The average Bonchev–Trinajstić information content (AvgIpc) is 2.88. The maximum atomic E-state index is 13.7. The second kappa shape index (κ2) is 5.28. The minimum atomic E-state index is -0.703. The van der Waals surface area contributed by atoms with Gasteiger partial charge in [0, 0.05) is 12.1 Å². The topological polar surface area (TPSA) is 64.9 Å². The van der Waals surface area contributed by atoms with Crippen LogP contribution in [0.2, 0.25) is 0 Å². The highest BCUT2D eigenvalue weighted by atomic mass is 19.1. The summed E-state index contributed by atoms with van der Waals surface area (Å²) in [5.74, 6) is -0.741. The summed E-state index contributed by atoms with van der Waals surface area (Å²) in [5.41, 5.74) is 6.19. The van der Waals surface area contributed by atoms with E-state index in [9.17, 15) is 8.78 Å². The lowest BCUT2D eigenvalue weighted by Crippen LogP contribution is -2.31. The molecule has 2 atom stereocenters. The molecule has 0 amide bonds. The third-order valence-electron chi connectivity index (χ3n) is 3.75. The van der Waals surface area contributed by atoms with Gasteiger partial charge < -0.3 is 10.3 Å². The van der Waals surface area contributed by atoms with Crippen LogP contribution in [0.25, 0.3) is 11.4 Å². The van der Waals surface area contributed by atoms with Gasteiger partial charge in [0.2, 0.25) is 11.7 Å². The first kappa shape index (κ1) is 13.2. The van der Waals surface area contributed by atoms with Crippen LogP contribution in [-0.4, -0.2) is 16.2 Å². The van der Waals surface area contributed by atoms with Gasteiger partial charge in [0.15, 0.2) is 0 Å². The van der Waals surface area contributed by atoms with Gasteiger partial charge >= 0.3 is 0 Å². The SMILES string of the molecule is NC1CCCCC1c1nc(-c2ccc(F)cc2F)no1. The van der Waals surface area contributed by atoms with Gasteiger partial charge in [-0.05, 0) is 25.0 Å². The Morgan fingerprint density at radius 1 is 1.20 bits per heavy atom. The summed E-state index contributed by atoms with van der Waals surface area (Å²) in [4.78, 5) is 4.22. The molecule has 1 aromatic carbocycles. The predicted octanol–water partition coefficient (Wildman–Crippen LogP) is 3.00. The summed E-state index contributed by atoms with van der Waals surface area (Å²) < 4.78 is 31.8. The summed E-state index contributed by atoms with van der Waals surface area (Å²) in [6, 6.07) is 3.27. The van der Waals surface area contributed by atoms with E-state index in [1.54, 1.807) is 0 Å². The summed E-state index contributed by atoms with van der Waals surface area (Å²) in [7, 11) is 0. The summed E-state index contributed by atoms with van der Waals surface area (Å²) in [5, 5.41) is 3.78. The average molecular weight is 279 g/mol. The highest BCUT2D eigenvalue weighted by Gasteiger charge is 2.28. The first-order chi connectivity index (χ1) is 9.65. The highest BCUT2D eigenvalue weighted by Crippen LogP contribution is 2.32. The van der Waals surface area contributed by atoms with Crippen molar-refractivity contribution in [3.05, 3.63) is 35.7 Å². The van der Waals surface area contributed by atoms with Crippen LogP contribution in [0.15, 0.2) is 22.7 Å². The summed E-state index contributed by atoms with van der Waals surface area (Å²) >= 11 is 0. The van der Waals surface area contributed by atoms with Gasteiger partial charge in [-0.3, -0.25) is 0 Å². The molecule has 6 heteroatoms. The monoisotopic (exact) mass is 279 g/mol. The van der Waals surface area contributed by atoms with Crippen molar-refractivity contribution in [1.82, 2.24) is 10.1 Å². The smallest absolute Gasteiger partial charge is 0.231 e. The fourth-order valence-corrected chi connectivity index (χ4v) is 2.63. The van der Waals surface area contributed by atoms with Gasteiger partial charge in [-0.2, -0.15) is 4.98 Å². The van der Waals surface area contributed by atoms with Crippen molar-refractivity contribution in [3.8, 4) is 11.4 Å². The van der Waals surface area contributed by atoms with Crippen molar-refractivity contribution >= 4 is 0 Å². The van der Waals surface area contributed by atoms with E-state index in [-0.39, 0.29) is 23.3 Å². The van der Waals surface area contributed by atoms with Crippen molar-refractivity contribution < 1.29 is 13.3 Å². The molecule has 1 aliphatic carbocycles. The molecule has 0 radical (unpaired) electrons. The van der Waals surface area contributed by atoms with E-state index in [0.29, 0.717) is 5.89 Å². The Bertz CT molecular complexity index is 614. The number of halogens is 2. The van der Waals surface area contributed by atoms with Crippen LogP contribution in [0.1, 0.15) is 37.5 Å². The zero-order chi connectivity index (χ0) is 14.1. The van der Waals surface area contributed by atoms with Crippen molar-refractivity contribution in [1.29, 1.82) is 0 Å². The minimum Gasteiger partial charge on any atom is -0.339 e. The van der Waals surface area contributed by atoms with Crippen molar-refractivity contribution in [3.63, 3.8) is 0 Å². The normalized spacial score (nSPS) is 22.9. The molecule has 1 aromatic heterocycles. The van der Waals surface area contributed by atoms with E-state index in [2.05, 4.69) is 10.1 Å². The number of benzene rings is 1. The van der Waals surface area contributed by atoms with E-state index in [0.717, 1.165) is 31.7 Å². The van der Waals surface area contributed by atoms with Crippen LogP contribution in [0.4, 0.5) is 8.78 Å². The van der Waals surface area contributed by atoms with Gasteiger partial charge in [0.25, 0.3) is 0 Å². The van der Waals surface area contributed by atoms with E-state index >= 15 is 0 Å². The van der Waals surface area contributed by atoms with Gasteiger partial charge in [-0.15, -0.1) is 0 Å². The minimum absolute atomic E-state index is 0.00452. The van der Waals surface area contributed by atoms with Gasteiger partial charge in [0.1, 0.15) is 11.6 Å². The highest BCUT2D eigenvalue weighted by molar-refractivity contribution is 5.55. The molecule has 1 fully saturated rings. The van der Waals surface area contributed by atoms with Gasteiger partial charge in [-0.1, -0.05) is 18.0 Å². The summed E-state index contributed by atoms with van der Waals surface area (Å²) in [6.07, 6.45) is 3.99. The molecule has 1 aliphatic rings. The number of nitrogens with zero attached hydrogens (tertiary/aromatic N) is 2. The Hall–Kier alpha value is -1.82. The molecule has 1 saturated carbocycles. The predicted molar refractivity (Wildman–Crippen MR) is 68.8 cm³/mol. The van der Waals surface area contributed by atoms with Crippen molar-refractivity contribution in [2.24, 2.45) is 5.73 Å². The van der Waals surface area contributed by atoms with Crippen LogP contribution >= 0.6 is 0 Å². The maximum Gasteiger partial charge on any atom is 0.231 e. The molecular formula is C14H15F2N3O. The maximum absolute atomic E-state index is 13.7. The number of aromatic nitrogens is 2. The van der Waals surface area contributed by atoms with E-state index in [1.165, 1.54) is 12.1 Å². The van der Waals surface area contributed by atoms with Gasteiger partial charge in [-0.25, -0.2) is 8.78 Å². The lowest BCUT2D eigenvalue weighted by molar-refractivity contribution is 0.290. The van der Waals surface area contributed by atoms with E-state index in [4.69, 9.17) is 10.3 Å². The molecule has 4 nitrogen and oxygen atoms in total. The number of hydrogen-bond acceptors (Lipinski definition) is 4. The molecule has 0 saturated heterocycles. The van der Waals surface area contributed by atoms with Crippen molar-refractivity contribution in [2.75, 3.05) is 0 Å². The van der Waals surface area contributed by atoms with Crippen LogP contribution in [0, 0.1) is 11.6 Å².